The molecule has 23 heteroatoms. The summed E-state index contributed by atoms with van der Waals surface area (Å²) in [5.41, 5.74) is 0. The van der Waals surface area contributed by atoms with Crippen molar-refractivity contribution < 1.29 is 104 Å². The van der Waals surface area contributed by atoms with Crippen LogP contribution < -0.4 is 10.6 Å². The number of carbonyl (C=O) groups excluding carboxylic acids is 2. The van der Waals surface area contributed by atoms with E-state index in [9.17, 15) is 75.7 Å². The second-order valence-corrected chi connectivity index (χ2v) is 29.3. The van der Waals surface area contributed by atoms with Gasteiger partial charge in [-0.2, -0.15) is 0 Å². The molecular weight excluding hydrogens is 1300 g/mol. The van der Waals surface area contributed by atoms with Crippen molar-refractivity contribution in [3.05, 3.63) is 24.3 Å². The molecule has 3 saturated heterocycles. The number of carboxylic acid groups (broad SMARTS) is 1. The van der Waals surface area contributed by atoms with Crippen LogP contribution in [0, 0.1) is 0 Å². The van der Waals surface area contributed by atoms with E-state index in [2.05, 4.69) is 36.6 Å². The minimum atomic E-state index is -3.08. The molecule has 0 aromatic carbocycles. The fraction of sp³-hybridized carbons (Fsp3) is 0.910. The summed E-state index contributed by atoms with van der Waals surface area (Å²) in [7, 11) is 0. The summed E-state index contributed by atoms with van der Waals surface area (Å²) in [6.07, 6.45) is 33.5. The summed E-state index contributed by atoms with van der Waals surface area (Å²) in [6, 6.07) is -2.62. The maximum Gasteiger partial charge on any atom is 0.364 e. The number of carboxylic acids is 1. The molecule has 18 atom stereocenters. The third-order valence-corrected chi connectivity index (χ3v) is 20.4. The summed E-state index contributed by atoms with van der Waals surface area (Å²) in [5, 5.41) is 136. The van der Waals surface area contributed by atoms with E-state index in [0.717, 1.165) is 51.9 Å². The lowest BCUT2D eigenvalue weighted by Gasteiger charge is -2.50. The molecule has 0 radical (unpaired) electrons. The largest absolute Gasteiger partial charge is 0.477 e. The molecule has 0 aromatic heterocycles. The predicted molar refractivity (Wildman–Crippen MR) is 389 cm³/mol. The van der Waals surface area contributed by atoms with Gasteiger partial charge in [-0.3, -0.25) is 9.59 Å². The van der Waals surface area contributed by atoms with Crippen LogP contribution in [0.25, 0.3) is 0 Å². The molecule has 0 bridgehead atoms. The van der Waals surface area contributed by atoms with Gasteiger partial charge in [0.05, 0.1) is 50.7 Å². The highest BCUT2D eigenvalue weighted by Gasteiger charge is 2.60. The third-order valence-electron chi connectivity index (χ3n) is 20.4. The number of aliphatic hydroxyl groups is 11. The fourth-order valence-corrected chi connectivity index (χ4v) is 14.0. The molecule has 3 heterocycles. The van der Waals surface area contributed by atoms with Gasteiger partial charge in [-0.05, 0) is 44.9 Å². The van der Waals surface area contributed by atoms with Crippen LogP contribution in [0.5, 0.6) is 0 Å². The zero-order valence-electron chi connectivity index (χ0n) is 62.5. The van der Waals surface area contributed by atoms with E-state index in [1.165, 1.54) is 225 Å². The topological polar surface area (TPSA) is 373 Å². The van der Waals surface area contributed by atoms with E-state index in [4.69, 9.17) is 28.4 Å². The standard InChI is InChI=1S/C78H144N2O21/c1-4-6-8-10-12-14-16-18-20-22-24-26-27-28-29-30-31-32-34-36-38-40-42-44-46-48-50-52-65(88)80-59(60(85)51-49-47-45-43-41-39-37-35-33-25-23-21-19-17-15-13-11-9-7-5-2)57-96-75-70(92)69(91)72(64(56-83)98-75)99-76-71(93)74(68(90)63(55-82)97-76)101-78(77(94)95)53-61(86)66(79-58(3)84)73(100-78)67(89)62(87)54-81/h28-29,49,51,59-64,66-76,81-83,85-87,89-93H,4-27,30-48,50,52-57H2,1-3H3,(H,79,84)(H,80,88)(H,94,95)/b29-28-,51-49+. The molecule has 3 aliphatic rings. The van der Waals surface area contributed by atoms with Gasteiger partial charge in [-0.25, -0.2) is 4.79 Å². The number of ether oxygens (including phenoxy) is 6. The van der Waals surface area contributed by atoms with Crippen molar-refractivity contribution >= 4 is 17.8 Å². The van der Waals surface area contributed by atoms with Crippen LogP contribution in [-0.2, 0) is 42.8 Å². The van der Waals surface area contributed by atoms with Gasteiger partial charge >= 0.3 is 5.97 Å². The fourth-order valence-electron chi connectivity index (χ4n) is 14.0. The maximum absolute atomic E-state index is 13.5. The molecule has 0 aliphatic carbocycles. The Morgan fingerprint density at radius 1 is 0.515 bits per heavy atom. The number of rotatable bonds is 63. The molecule has 18 unspecified atom stereocenters. The van der Waals surface area contributed by atoms with Crippen molar-refractivity contribution in [1.82, 2.24) is 10.6 Å². The number of unbranched alkanes of at least 4 members (excludes halogenated alkanes) is 41. The quantitative estimate of drug-likeness (QED) is 0.0199. The van der Waals surface area contributed by atoms with Crippen molar-refractivity contribution in [3.63, 3.8) is 0 Å². The Hall–Kier alpha value is -2.79. The number of aliphatic hydroxyl groups excluding tert-OH is 11. The van der Waals surface area contributed by atoms with Gasteiger partial charge in [0.15, 0.2) is 12.6 Å². The number of hydrogen-bond donors (Lipinski definition) is 14. The Labute approximate surface area is 606 Å². The number of aliphatic carboxylic acids is 1. The highest BCUT2D eigenvalue weighted by atomic mass is 16.8. The van der Waals surface area contributed by atoms with Crippen LogP contribution in [0.4, 0.5) is 0 Å². The lowest BCUT2D eigenvalue weighted by molar-refractivity contribution is -0.386. The first-order valence-electron chi connectivity index (χ1n) is 40.2. The van der Waals surface area contributed by atoms with E-state index in [-0.39, 0.29) is 12.3 Å². The lowest BCUT2D eigenvalue weighted by Crippen LogP contribution is -2.70. The van der Waals surface area contributed by atoms with E-state index >= 15 is 0 Å². The first-order valence-corrected chi connectivity index (χ1v) is 40.2. The molecular formula is C78H144N2O21. The van der Waals surface area contributed by atoms with E-state index in [0.29, 0.717) is 12.8 Å². The highest BCUT2D eigenvalue weighted by Crippen LogP contribution is 2.39. The van der Waals surface area contributed by atoms with Crippen molar-refractivity contribution in [2.45, 2.75) is 426 Å². The highest BCUT2D eigenvalue weighted by molar-refractivity contribution is 5.77. The molecule has 592 valence electrons. The predicted octanol–water partition coefficient (Wildman–Crippen LogP) is 10.4. The van der Waals surface area contributed by atoms with E-state index in [1.807, 2.05) is 6.08 Å². The van der Waals surface area contributed by atoms with E-state index < -0.39 is 155 Å². The van der Waals surface area contributed by atoms with Crippen LogP contribution in [0.2, 0.25) is 0 Å². The van der Waals surface area contributed by atoms with Crippen molar-refractivity contribution in [2.75, 3.05) is 26.4 Å². The monoisotopic (exact) mass is 1450 g/mol. The Morgan fingerprint density at radius 3 is 1.35 bits per heavy atom. The Morgan fingerprint density at radius 2 is 0.931 bits per heavy atom. The molecule has 3 fully saturated rings. The van der Waals surface area contributed by atoms with Crippen LogP contribution in [-0.4, -0.2) is 215 Å². The molecule has 3 rings (SSSR count). The third kappa shape index (κ3) is 38.0. The molecule has 2 amide bonds. The number of hydrogen-bond acceptors (Lipinski definition) is 20. The van der Waals surface area contributed by atoms with Crippen molar-refractivity contribution in [3.8, 4) is 0 Å². The second-order valence-electron chi connectivity index (χ2n) is 29.3. The molecule has 101 heavy (non-hydrogen) atoms. The molecule has 0 aromatic rings. The Balaban J connectivity index is 1.52. The first-order chi connectivity index (χ1) is 48.9. The number of amides is 2. The van der Waals surface area contributed by atoms with Crippen molar-refractivity contribution in [2.24, 2.45) is 0 Å². The summed E-state index contributed by atoms with van der Waals surface area (Å²) in [4.78, 5) is 38.7. The van der Waals surface area contributed by atoms with Gasteiger partial charge in [0.1, 0.15) is 67.1 Å². The van der Waals surface area contributed by atoms with Crippen LogP contribution >= 0.6 is 0 Å². The minimum absolute atomic E-state index is 0.201. The van der Waals surface area contributed by atoms with E-state index in [1.54, 1.807) is 6.08 Å². The Bertz CT molecular complexity index is 2110. The number of nitrogens with one attached hydrogen (secondary N) is 2. The van der Waals surface area contributed by atoms with Gasteiger partial charge in [0, 0.05) is 19.8 Å². The second kappa shape index (κ2) is 57.4. The van der Waals surface area contributed by atoms with Gasteiger partial charge in [0.25, 0.3) is 5.79 Å². The van der Waals surface area contributed by atoms with Crippen LogP contribution in [0.3, 0.4) is 0 Å². The number of allylic oxidation sites excluding steroid dienone is 3. The normalized spacial score (nSPS) is 26.9. The maximum atomic E-state index is 13.5. The first kappa shape index (κ1) is 92.4. The molecule has 3 aliphatic heterocycles. The lowest BCUT2D eigenvalue weighted by atomic mass is 9.88. The minimum Gasteiger partial charge on any atom is -0.477 e. The van der Waals surface area contributed by atoms with Gasteiger partial charge in [-0.15, -0.1) is 0 Å². The van der Waals surface area contributed by atoms with Gasteiger partial charge in [-0.1, -0.05) is 276 Å². The molecule has 0 saturated carbocycles. The van der Waals surface area contributed by atoms with Gasteiger partial charge < -0.3 is 100 Å². The average Bonchev–Trinajstić information content (AvgIpc) is 0.756. The summed E-state index contributed by atoms with van der Waals surface area (Å²) >= 11 is 0. The van der Waals surface area contributed by atoms with Crippen molar-refractivity contribution in [1.29, 1.82) is 0 Å². The van der Waals surface area contributed by atoms with Crippen LogP contribution in [0.1, 0.15) is 316 Å². The summed E-state index contributed by atoms with van der Waals surface area (Å²) < 4.78 is 34.9. The summed E-state index contributed by atoms with van der Waals surface area (Å²) in [6.45, 7) is 2.19. The zero-order valence-corrected chi connectivity index (χ0v) is 62.5. The SMILES string of the molecule is CCCCCCCCCCCCCC/C=C\CCCCCCCCCCCCCC(=O)NC(COC1OC(CO)C(OC2OC(CO)C(O)C(OC3(C(=O)O)CC(O)C(NC(C)=O)C(C(O)C(O)CO)O3)C2O)C(O)C1O)C(O)/C=C/CCCCCCCCCCCCCCCCCCCC. The molecule has 14 N–H and O–H groups in total. The van der Waals surface area contributed by atoms with Gasteiger partial charge in [0.2, 0.25) is 11.8 Å². The summed E-state index contributed by atoms with van der Waals surface area (Å²) in [5.74, 6) is -6.14. The van der Waals surface area contributed by atoms with Crippen LogP contribution in [0.15, 0.2) is 24.3 Å². The zero-order chi connectivity index (χ0) is 73.9. The Kier molecular flexibility index (Phi) is 52.5. The molecule has 0 spiro atoms. The average molecular weight is 1450 g/mol. The molecule has 23 nitrogen and oxygen atoms in total. The number of carbonyl (C=O) groups is 3. The smallest absolute Gasteiger partial charge is 0.364 e.